The van der Waals surface area contributed by atoms with Gasteiger partial charge in [0.15, 0.2) is 5.69 Å². The van der Waals surface area contributed by atoms with E-state index in [9.17, 15) is 5.11 Å². The van der Waals surface area contributed by atoms with Gasteiger partial charge in [-0.05, 0) is 6.92 Å². The summed E-state index contributed by atoms with van der Waals surface area (Å²) in [4.78, 5) is 8.01. The first-order chi connectivity index (χ1) is 9.43. The van der Waals surface area contributed by atoms with E-state index in [1.54, 1.807) is 0 Å². The summed E-state index contributed by atoms with van der Waals surface area (Å²) in [5, 5.41) is 22.4. The Labute approximate surface area is 118 Å². The van der Waals surface area contributed by atoms with E-state index in [0.717, 1.165) is 0 Å². The summed E-state index contributed by atoms with van der Waals surface area (Å²) in [6.07, 6.45) is 3.57. The number of aliphatic hydroxyl groups is 1. The van der Waals surface area contributed by atoms with Gasteiger partial charge in [-0.1, -0.05) is 13.8 Å². The minimum absolute atomic E-state index is 0.0753. The molecule has 0 spiro atoms. The van der Waals surface area contributed by atoms with Gasteiger partial charge in [0.05, 0.1) is 24.1 Å². The smallest absolute Gasteiger partial charge is 0.158 e. The fourth-order valence-electron chi connectivity index (χ4n) is 2.48. The number of ether oxygens (including phenoxy) is 1. The number of nitriles is 1. The Morgan fingerprint density at radius 3 is 2.75 bits per heavy atom. The molecule has 6 heteroatoms. The minimum Gasteiger partial charge on any atom is -0.387 e. The van der Waals surface area contributed by atoms with E-state index < -0.39 is 5.60 Å². The van der Waals surface area contributed by atoms with Crippen molar-refractivity contribution >= 4 is 5.82 Å². The van der Waals surface area contributed by atoms with Crippen LogP contribution in [0.3, 0.4) is 0 Å². The van der Waals surface area contributed by atoms with Gasteiger partial charge in [-0.25, -0.2) is 9.97 Å². The Morgan fingerprint density at radius 1 is 1.50 bits per heavy atom. The normalized spacial score (nSPS) is 27.4. The molecule has 1 fully saturated rings. The van der Waals surface area contributed by atoms with Crippen LogP contribution in [0.2, 0.25) is 0 Å². The SMILES string of the molecule is CCOC1CC(O)(CNc2cnc(C#N)cn2)C1(C)C. The van der Waals surface area contributed by atoms with Gasteiger partial charge in [-0.15, -0.1) is 0 Å². The van der Waals surface area contributed by atoms with Crippen LogP contribution in [0.25, 0.3) is 0 Å². The maximum absolute atomic E-state index is 10.7. The van der Waals surface area contributed by atoms with Gasteiger partial charge in [0.2, 0.25) is 0 Å². The fourth-order valence-corrected chi connectivity index (χ4v) is 2.48. The van der Waals surface area contributed by atoms with Gasteiger partial charge < -0.3 is 15.2 Å². The summed E-state index contributed by atoms with van der Waals surface area (Å²) in [5.41, 5.74) is -0.868. The van der Waals surface area contributed by atoms with Crippen LogP contribution in [0, 0.1) is 16.7 Å². The molecule has 1 heterocycles. The number of nitrogens with zero attached hydrogens (tertiary/aromatic N) is 3. The molecule has 0 aromatic carbocycles. The quantitative estimate of drug-likeness (QED) is 0.843. The summed E-state index contributed by atoms with van der Waals surface area (Å²) in [6, 6.07) is 1.91. The standard InChI is InChI=1S/C14H20N4O2/c1-4-20-11-5-14(19,13(11,2)3)9-18-12-8-16-10(6-15)7-17-12/h7-8,11,19H,4-5,9H2,1-3H3,(H,17,18). The summed E-state index contributed by atoms with van der Waals surface area (Å²) < 4.78 is 5.62. The molecule has 0 amide bonds. The highest BCUT2D eigenvalue weighted by molar-refractivity contribution is 5.34. The Balaban J connectivity index is 1.95. The van der Waals surface area contributed by atoms with Gasteiger partial charge in [0, 0.05) is 25.0 Å². The van der Waals surface area contributed by atoms with Gasteiger partial charge in [-0.2, -0.15) is 5.26 Å². The highest BCUT2D eigenvalue weighted by Crippen LogP contribution is 2.51. The third kappa shape index (κ3) is 2.47. The van der Waals surface area contributed by atoms with Crippen LogP contribution in [0.15, 0.2) is 12.4 Å². The van der Waals surface area contributed by atoms with Crippen LogP contribution in [0.1, 0.15) is 32.9 Å². The van der Waals surface area contributed by atoms with Crippen LogP contribution < -0.4 is 5.32 Å². The number of hydrogen-bond acceptors (Lipinski definition) is 6. The highest BCUT2D eigenvalue weighted by atomic mass is 16.5. The van der Waals surface area contributed by atoms with Gasteiger partial charge >= 0.3 is 0 Å². The van der Waals surface area contributed by atoms with E-state index >= 15 is 0 Å². The van der Waals surface area contributed by atoms with Crippen LogP contribution in [0.4, 0.5) is 5.82 Å². The fraction of sp³-hybridized carbons (Fsp3) is 0.643. The van der Waals surface area contributed by atoms with Crippen molar-refractivity contribution in [1.29, 1.82) is 5.26 Å². The third-order valence-electron chi connectivity index (χ3n) is 4.22. The van der Waals surface area contributed by atoms with Crippen LogP contribution in [-0.2, 0) is 4.74 Å². The lowest BCUT2D eigenvalue weighted by molar-refractivity contribution is -0.233. The second-order valence-electron chi connectivity index (χ2n) is 5.65. The summed E-state index contributed by atoms with van der Waals surface area (Å²) in [6.45, 7) is 6.99. The Kier molecular flexibility index (Phi) is 3.93. The number of anilines is 1. The summed E-state index contributed by atoms with van der Waals surface area (Å²) in [5.74, 6) is 0.549. The van der Waals surface area contributed by atoms with E-state index in [1.165, 1.54) is 12.4 Å². The molecule has 1 aliphatic rings. The van der Waals surface area contributed by atoms with Gasteiger partial charge in [0.1, 0.15) is 11.9 Å². The van der Waals surface area contributed by atoms with Crippen LogP contribution >= 0.6 is 0 Å². The molecule has 108 valence electrons. The van der Waals surface area contributed by atoms with Crippen LogP contribution in [-0.4, -0.2) is 39.9 Å². The first-order valence-electron chi connectivity index (χ1n) is 6.73. The molecule has 2 atom stereocenters. The zero-order valence-corrected chi connectivity index (χ0v) is 12.1. The van der Waals surface area contributed by atoms with E-state index in [1.807, 2.05) is 26.8 Å². The first kappa shape index (κ1) is 14.7. The molecule has 1 aromatic rings. The molecule has 1 aromatic heterocycles. The molecule has 2 unspecified atom stereocenters. The van der Waals surface area contributed by atoms with Crippen molar-refractivity contribution in [2.45, 2.75) is 38.9 Å². The molecular weight excluding hydrogens is 256 g/mol. The monoisotopic (exact) mass is 276 g/mol. The summed E-state index contributed by atoms with van der Waals surface area (Å²) >= 11 is 0. The van der Waals surface area contributed by atoms with Crippen molar-refractivity contribution in [2.75, 3.05) is 18.5 Å². The second kappa shape index (κ2) is 5.35. The van der Waals surface area contributed by atoms with Crippen LogP contribution in [0.5, 0.6) is 0 Å². The maximum Gasteiger partial charge on any atom is 0.158 e. The number of rotatable bonds is 5. The number of nitrogens with one attached hydrogen (secondary N) is 1. The predicted octanol–water partition coefficient (Wildman–Crippen LogP) is 1.33. The lowest BCUT2D eigenvalue weighted by atomic mass is 9.56. The zero-order valence-electron chi connectivity index (χ0n) is 12.1. The minimum atomic E-state index is -0.831. The molecule has 6 nitrogen and oxygen atoms in total. The molecule has 0 aliphatic heterocycles. The number of hydrogen-bond donors (Lipinski definition) is 2. The van der Waals surface area contributed by atoms with Crippen molar-refractivity contribution in [1.82, 2.24) is 9.97 Å². The van der Waals surface area contributed by atoms with Crippen molar-refractivity contribution in [3.05, 3.63) is 18.1 Å². The average molecular weight is 276 g/mol. The average Bonchev–Trinajstić information content (AvgIpc) is 2.45. The third-order valence-corrected chi connectivity index (χ3v) is 4.22. The van der Waals surface area contributed by atoms with Gasteiger partial charge in [-0.3, -0.25) is 0 Å². The molecule has 1 aliphatic carbocycles. The maximum atomic E-state index is 10.7. The molecular formula is C14H20N4O2. The van der Waals surface area contributed by atoms with Gasteiger partial charge in [0.25, 0.3) is 0 Å². The van der Waals surface area contributed by atoms with Crippen molar-refractivity contribution in [2.24, 2.45) is 5.41 Å². The lowest BCUT2D eigenvalue weighted by Gasteiger charge is -2.58. The molecule has 2 rings (SSSR count). The predicted molar refractivity (Wildman–Crippen MR) is 74.0 cm³/mol. The molecule has 0 bridgehead atoms. The Bertz CT molecular complexity index is 509. The van der Waals surface area contributed by atoms with E-state index in [4.69, 9.17) is 10.00 Å². The summed E-state index contributed by atoms with van der Waals surface area (Å²) in [7, 11) is 0. The van der Waals surface area contributed by atoms with E-state index in [-0.39, 0.29) is 17.2 Å². The zero-order chi connectivity index (χ0) is 14.8. The molecule has 2 N–H and O–H groups in total. The highest BCUT2D eigenvalue weighted by Gasteiger charge is 2.59. The largest absolute Gasteiger partial charge is 0.387 e. The molecule has 0 saturated heterocycles. The topological polar surface area (TPSA) is 91.1 Å². The van der Waals surface area contributed by atoms with E-state index in [0.29, 0.717) is 25.4 Å². The van der Waals surface area contributed by atoms with Crippen molar-refractivity contribution in [3.8, 4) is 6.07 Å². The van der Waals surface area contributed by atoms with E-state index in [2.05, 4.69) is 15.3 Å². The lowest BCUT2D eigenvalue weighted by Crippen LogP contribution is -2.67. The van der Waals surface area contributed by atoms with Crippen molar-refractivity contribution in [3.63, 3.8) is 0 Å². The number of aromatic nitrogens is 2. The molecule has 0 radical (unpaired) electrons. The Hall–Kier alpha value is -1.71. The molecule has 20 heavy (non-hydrogen) atoms. The molecule has 1 saturated carbocycles. The Morgan fingerprint density at radius 2 is 2.25 bits per heavy atom. The first-order valence-corrected chi connectivity index (χ1v) is 6.73. The van der Waals surface area contributed by atoms with Crippen molar-refractivity contribution < 1.29 is 9.84 Å². The second-order valence-corrected chi connectivity index (χ2v) is 5.65.